The Hall–Kier alpha value is -1.84. The predicted molar refractivity (Wildman–Crippen MR) is 81.0 cm³/mol. The molecule has 2 aliphatic rings. The fraction of sp³-hybridized carbons (Fsp3) is 0.529. The Morgan fingerprint density at radius 3 is 2.48 bits per heavy atom. The first-order chi connectivity index (χ1) is 10.1. The quantitative estimate of drug-likeness (QED) is 0.835. The highest BCUT2D eigenvalue weighted by atomic mass is 16.2. The number of aryl methyl sites for hydroxylation is 1. The van der Waals surface area contributed by atoms with Gasteiger partial charge in [0.15, 0.2) is 0 Å². The van der Waals surface area contributed by atoms with Crippen LogP contribution in [0.5, 0.6) is 0 Å². The van der Waals surface area contributed by atoms with Crippen LogP contribution in [0, 0.1) is 12.8 Å². The Kier molecular flexibility index (Phi) is 3.95. The Morgan fingerprint density at radius 2 is 1.76 bits per heavy atom. The third-order valence-corrected chi connectivity index (χ3v) is 4.29. The maximum absolute atomic E-state index is 12.5. The van der Waals surface area contributed by atoms with Crippen LogP contribution in [0.2, 0.25) is 0 Å². The molecule has 0 N–H and O–H groups in total. The molecule has 0 spiro atoms. The molecular weight excluding hydrogens is 264 g/mol. The molecule has 1 aromatic carbocycles. The molecule has 0 bridgehead atoms. The van der Waals surface area contributed by atoms with Crippen LogP contribution < -0.4 is 0 Å². The molecule has 1 saturated heterocycles. The second kappa shape index (κ2) is 5.88. The van der Waals surface area contributed by atoms with Crippen LogP contribution in [-0.2, 0) is 4.79 Å². The number of hydrogen-bond acceptors (Lipinski definition) is 2. The Bertz CT molecular complexity index is 551. The number of carbonyl (C=O) groups is 2. The van der Waals surface area contributed by atoms with Crippen molar-refractivity contribution in [1.82, 2.24) is 9.80 Å². The van der Waals surface area contributed by atoms with E-state index in [-0.39, 0.29) is 11.8 Å². The molecule has 0 radical (unpaired) electrons. The van der Waals surface area contributed by atoms with Gasteiger partial charge in [0.2, 0.25) is 5.91 Å². The number of hydrogen-bond donors (Lipinski definition) is 0. The first-order valence-electron chi connectivity index (χ1n) is 7.80. The zero-order chi connectivity index (χ0) is 14.8. The SMILES string of the molecule is Cc1cccc(C(=O)N2CCCN(C(=O)C3CC3)CC2)c1. The number of rotatable bonds is 2. The van der Waals surface area contributed by atoms with E-state index in [9.17, 15) is 9.59 Å². The number of nitrogens with zero attached hydrogens (tertiary/aromatic N) is 2. The minimum atomic E-state index is 0.0828. The molecule has 1 aliphatic heterocycles. The largest absolute Gasteiger partial charge is 0.341 e. The van der Waals surface area contributed by atoms with Gasteiger partial charge in [0, 0.05) is 37.7 Å². The zero-order valence-electron chi connectivity index (χ0n) is 12.5. The average molecular weight is 286 g/mol. The van der Waals surface area contributed by atoms with Gasteiger partial charge >= 0.3 is 0 Å². The Balaban J connectivity index is 1.64. The molecule has 4 nitrogen and oxygen atoms in total. The van der Waals surface area contributed by atoms with Crippen molar-refractivity contribution in [2.75, 3.05) is 26.2 Å². The summed E-state index contributed by atoms with van der Waals surface area (Å²) in [5.74, 6) is 0.642. The number of amides is 2. The first kappa shape index (κ1) is 14.1. The highest BCUT2D eigenvalue weighted by molar-refractivity contribution is 5.94. The van der Waals surface area contributed by atoms with Gasteiger partial charge in [-0.15, -0.1) is 0 Å². The monoisotopic (exact) mass is 286 g/mol. The lowest BCUT2D eigenvalue weighted by Crippen LogP contribution is -2.38. The Labute approximate surface area is 125 Å². The van der Waals surface area contributed by atoms with Crippen LogP contribution in [-0.4, -0.2) is 47.8 Å². The normalized spacial score (nSPS) is 19.3. The molecule has 21 heavy (non-hydrogen) atoms. The van der Waals surface area contributed by atoms with E-state index in [0.29, 0.717) is 19.0 Å². The predicted octanol–water partition coefficient (Wildman–Crippen LogP) is 2.08. The minimum Gasteiger partial charge on any atom is -0.341 e. The molecule has 0 atom stereocenters. The molecule has 1 aliphatic carbocycles. The van der Waals surface area contributed by atoms with E-state index < -0.39 is 0 Å². The lowest BCUT2D eigenvalue weighted by atomic mass is 10.1. The molecule has 1 aromatic rings. The maximum Gasteiger partial charge on any atom is 0.253 e. The van der Waals surface area contributed by atoms with Gasteiger partial charge in [0.05, 0.1) is 0 Å². The van der Waals surface area contributed by atoms with Gasteiger partial charge < -0.3 is 9.80 Å². The van der Waals surface area contributed by atoms with Crippen molar-refractivity contribution in [2.24, 2.45) is 5.92 Å². The molecule has 4 heteroatoms. The summed E-state index contributed by atoms with van der Waals surface area (Å²) in [6, 6.07) is 7.71. The lowest BCUT2D eigenvalue weighted by Gasteiger charge is -2.22. The van der Waals surface area contributed by atoms with E-state index in [4.69, 9.17) is 0 Å². The van der Waals surface area contributed by atoms with Crippen LogP contribution in [0.25, 0.3) is 0 Å². The summed E-state index contributed by atoms with van der Waals surface area (Å²) in [6.45, 7) is 4.83. The summed E-state index contributed by atoms with van der Waals surface area (Å²) in [4.78, 5) is 28.5. The first-order valence-corrected chi connectivity index (χ1v) is 7.80. The Morgan fingerprint density at radius 1 is 1.05 bits per heavy atom. The summed E-state index contributed by atoms with van der Waals surface area (Å²) in [6.07, 6.45) is 2.96. The molecule has 1 heterocycles. The molecule has 0 unspecified atom stereocenters. The smallest absolute Gasteiger partial charge is 0.253 e. The van der Waals surface area contributed by atoms with Gasteiger partial charge in [0.25, 0.3) is 5.91 Å². The molecule has 3 rings (SSSR count). The third kappa shape index (κ3) is 3.26. The van der Waals surface area contributed by atoms with Gasteiger partial charge in [-0.3, -0.25) is 9.59 Å². The van der Waals surface area contributed by atoms with Crippen molar-refractivity contribution in [3.63, 3.8) is 0 Å². The van der Waals surface area contributed by atoms with Crippen LogP contribution in [0.1, 0.15) is 35.2 Å². The highest BCUT2D eigenvalue weighted by Gasteiger charge is 2.34. The van der Waals surface area contributed by atoms with Gasteiger partial charge in [-0.05, 0) is 38.3 Å². The zero-order valence-corrected chi connectivity index (χ0v) is 12.5. The standard InChI is InChI=1S/C17H22N2O2/c1-13-4-2-5-15(12-13)17(21)19-9-3-8-18(10-11-19)16(20)14-6-7-14/h2,4-5,12,14H,3,6-11H2,1H3. The third-order valence-electron chi connectivity index (χ3n) is 4.29. The summed E-state index contributed by atoms with van der Waals surface area (Å²) in [5.41, 5.74) is 1.85. The van der Waals surface area contributed by atoms with E-state index >= 15 is 0 Å². The summed E-state index contributed by atoms with van der Waals surface area (Å²) >= 11 is 0. The average Bonchev–Trinajstić information content (AvgIpc) is 3.32. The van der Waals surface area contributed by atoms with Gasteiger partial charge in [-0.2, -0.15) is 0 Å². The molecular formula is C17H22N2O2. The maximum atomic E-state index is 12.5. The summed E-state index contributed by atoms with van der Waals surface area (Å²) < 4.78 is 0. The van der Waals surface area contributed by atoms with Crippen LogP contribution >= 0.6 is 0 Å². The summed E-state index contributed by atoms with van der Waals surface area (Å²) in [5, 5.41) is 0. The molecule has 112 valence electrons. The molecule has 2 fully saturated rings. The number of carbonyl (C=O) groups excluding carboxylic acids is 2. The molecule has 0 aromatic heterocycles. The topological polar surface area (TPSA) is 40.6 Å². The van der Waals surface area contributed by atoms with Crippen LogP contribution in [0.15, 0.2) is 24.3 Å². The summed E-state index contributed by atoms with van der Waals surface area (Å²) in [7, 11) is 0. The van der Waals surface area contributed by atoms with Crippen molar-refractivity contribution < 1.29 is 9.59 Å². The lowest BCUT2D eigenvalue weighted by molar-refractivity contribution is -0.132. The van der Waals surface area contributed by atoms with E-state index in [1.807, 2.05) is 41.0 Å². The van der Waals surface area contributed by atoms with Gasteiger partial charge in [-0.25, -0.2) is 0 Å². The van der Waals surface area contributed by atoms with Crippen LogP contribution in [0.3, 0.4) is 0 Å². The van der Waals surface area contributed by atoms with Crippen molar-refractivity contribution in [1.29, 1.82) is 0 Å². The van der Waals surface area contributed by atoms with Gasteiger partial charge in [0.1, 0.15) is 0 Å². The minimum absolute atomic E-state index is 0.0828. The van der Waals surface area contributed by atoms with Crippen molar-refractivity contribution in [2.45, 2.75) is 26.2 Å². The van der Waals surface area contributed by atoms with Crippen molar-refractivity contribution in [3.8, 4) is 0 Å². The number of benzene rings is 1. The van der Waals surface area contributed by atoms with E-state index in [0.717, 1.165) is 43.5 Å². The second-order valence-corrected chi connectivity index (χ2v) is 6.11. The van der Waals surface area contributed by atoms with Crippen LogP contribution in [0.4, 0.5) is 0 Å². The van der Waals surface area contributed by atoms with E-state index in [1.54, 1.807) is 0 Å². The highest BCUT2D eigenvalue weighted by Crippen LogP contribution is 2.31. The van der Waals surface area contributed by atoms with Gasteiger partial charge in [-0.1, -0.05) is 17.7 Å². The molecule has 2 amide bonds. The fourth-order valence-corrected chi connectivity index (χ4v) is 2.89. The van der Waals surface area contributed by atoms with Crippen molar-refractivity contribution >= 4 is 11.8 Å². The van der Waals surface area contributed by atoms with Crippen molar-refractivity contribution in [3.05, 3.63) is 35.4 Å². The van der Waals surface area contributed by atoms with E-state index in [1.165, 1.54) is 0 Å². The fourth-order valence-electron chi connectivity index (χ4n) is 2.89. The van der Waals surface area contributed by atoms with E-state index in [2.05, 4.69) is 0 Å². The second-order valence-electron chi connectivity index (χ2n) is 6.11. The molecule has 1 saturated carbocycles.